The molecule has 2 aromatic heterocycles. The van der Waals surface area contributed by atoms with Gasteiger partial charge in [0.25, 0.3) is 5.89 Å². The summed E-state index contributed by atoms with van der Waals surface area (Å²) in [5.74, 6) is -0.0375. The monoisotopic (exact) mass is 432 g/mol. The number of carbonyl (C=O) groups is 1. The van der Waals surface area contributed by atoms with Gasteiger partial charge >= 0.3 is 0 Å². The summed E-state index contributed by atoms with van der Waals surface area (Å²) in [5, 5.41) is 6.91. The Morgan fingerprint density at radius 1 is 1.19 bits per heavy atom. The highest BCUT2D eigenvalue weighted by molar-refractivity contribution is 5.91. The number of ether oxygens (including phenoxy) is 1. The van der Waals surface area contributed by atoms with Crippen molar-refractivity contribution in [1.29, 1.82) is 0 Å². The Morgan fingerprint density at radius 2 is 2.06 bits per heavy atom. The van der Waals surface area contributed by atoms with Crippen LogP contribution >= 0.6 is 0 Å². The average molecular weight is 432 g/mol. The lowest BCUT2D eigenvalue weighted by Gasteiger charge is -2.09. The summed E-state index contributed by atoms with van der Waals surface area (Å²) >= 11 is 0. The second-order valence-corrected chi connectivity index (χ2v) is 7.68. The van der Waals surface area contributed by atoms with E-state index in [1.165, 1.54) is 30.4 Å². The maximum atomic E-state index is 14.0. The molecule has 4 aromatic rings. The Hall–Kier alpha value is -3.94. The zero-order chi connectivity index (χ0) is 22.1. The molecule has 7 nitrogen and oxygen atoms in total. The van der Waals surface area contributed by atoms with Crippen LogP contribution in [-0.2, 0) is 24.2 Å². The molecule has 1 amide bonds. The highest BCUT2D eigenvalue weighted by Gasteiger charge is 2.17. The van der Waals surface area contributed by atoms with E-state index in [2.05, 4.69) is 27.6 Å². The van der Waals surface area contributed by atoms with Crippen LogP contribution in [0.1, 0.15) is 17.5 Å². The summed E-state index contributed by atoms with van der Waals surface area (Å²) in [6, 6.07) is 14.1. The first kappa shape index (κ1) is 20.0. The molecule has 2 heterocycles. The summed E-state index contributed by atoms with van der Waals surface area (Å²) in [7, 11) is 1.40. The van der Waals surface area contributed by atoms with Gasteiger partial charge in [0.05, 0.1) is 7.11 Å². The molecule has 2 aromatic carbocycles. The quantitative estimate of drug-likeness (QED) is 0.486. The molecule has 1 aliphatic carbocycles. The van der Waals surface area contributed by atoms with Crippen LogP contribution in [0.25, 0.3) is 23.0 Å². The van der Waals surface area contributed by atoms with E-state index in [4.69, 9.17) is 9.26 Å². The highest BCUT2D eigenvalue weighted by Crippen LogP contribution is 2.27. The van der Waals surface area contributed by atoms with Gasteiger partial charge in [0.2, 0.25) is 11.7 Å². The van der Waals surface area contributed by atoms with Gasteiger partial charge in [0, 0.05) is 17.4 Å². The van der Waals surface area contributed by atoms with Gasteiger partial charge in [-0.15, -0.1) is 0 Å². The van der Waals surface area contributed by atoms with Crippen molar-refractivity contribution < 1.29 is 18.4 Å². The van der Waals surface area contributed by atoms with Crippen LogP contribution in [0.3, 0.4) is 0 Å². The summed E-state index contributed by atoms with van der Waals surface area (Å²) in [6.45, 7) is 0.0916. The molecule has 5 rings (SSSR count). The number of amides is 1. The fraction of sp³-hybridized carbons (Fsp3) is 0.208. The second kappa shape index (κ2) is 8.30. The summed E-state index contributed by atoms with van der Waals surface area (Å²) < 4.78 is 26.1. The van der Waals surface area contributed by atoms with E-state index in [0.717, 1.165) is 24.9 Å². The van der Waals surface area contributed by atoms with Crippen molar-refractivity contribution in [3.8, 4) is 28.7 Å². The minimum atomic E-state index is -0.511. The average Bonchev–Trinajstić information content (AvgIpc) is 3.53. The molecule has 1 aliphatic rings. The number of hydrogen-bond acceptors (Lipinski definition) is 5. The van der Waals surface area contributed by atoms with Crippen molar-refractivity contribution in [3.05, 3.63) is 71.7 Å². The molecular formula is C24H21FN4O3. The topological polar surface area (TPSA) is 82.2 Å². The number of aryl methyl sites for hydroxylation is 2. The smallest absolute Gasteiger partial charge is 0.274 e. The maximum absolute atomic E-state index is 14.0. The molecule has 162 valence electrons. The molecule has 0 aliphatic heterocycles. The third-order valence-electron chi connectivity index (χ3n) is 5.58. The Kier molecular flexibility index (Phi) is 5.18. The van der Waals surface area contributed by atoms with E-state index < -0.39 is 5.82 Å². The SMILES string of the molecule is COc1ccc(-c2noc(-c3cccn3CC(=O)Nc3ccc4c(c3)CCC4)n2)cc1F. The van der Waals surface area contributed by atoms with Gasteiger partial charge in [-0.2, -0.15) is 4.98 Å². The lowest BCUT2D eigenvalue weighted by Crippen LogP contribution is -2.19. The van der Waals surface area contributed by atoms with E-state index in [1.807, 2.05) is 6.07 Å². The van der Waals surface area contributed by atoms with E-state index in [0.29, 0.717) is 11.3 Å². The lowest BCUT2D eigenvalue weighted by molar-refractivity contribution is -0.116. The normalized spacial score (nSPS) is 12.6. The third kappa shape index (κ3) is 3.87. The molecule has 0 radical (unpaired) electrons. The summed E-state index contributed by atoms with van der Waals surface area (Å²) in [5.41, 5.74) is 4.52. The number of halogens is 1. The van der Waals surface area contributed by atoms with E-state index in [1.54, 1.807) is 29.0 Å². The van der Waals surface area contributed by atoms with Crippen LogP contribution in [0.2, 0.25) is 0 Å². The van der Waals surface area contributed by atoms with Gasteiger partial charge in [0.1, 0.15) is 12.2 Å². The van der Waals surface area contributed by atoms with Crippen LogP contribution in [0.15, 0.2) is 59.3 Å². The molecule has 0 fully saturated rings. The Labute approximate surface area is 183 Å². The van der Waals surface area contributed by atoms with Crippen molar-refractivity contribution in [2.24, 2.45) is 0 Å². The number of benzene rings is 2. The van der Waals surface area contributed by atoms with Gasteiger partial charge in [-0.1, -0.05) is 11.2 Å². The predicted octanol–water partition coefficient (Wildman–Crippen LogP) is 4.48. The van der Waals surface area contributed by atoms with Gasteiger partial charge in [-0.3, -0.25) is 4.79 Å². The Bertz CT molecular complexity index is 1290. The number of methoxy groups -OCH3 is 1. The fourth-order valence-electron chi connectivity index (χ4n) is 4.00. The number of carbonyl (C=O) groups excluding carboxylic acids is 1. The zero-order valence-electron chi connectivity index (χ0n) is 17.5. The molecule has 0 atom stereocenters. The van der Waals surface area contributed by atoms with Crippen molar-refractivity contribution in [3.63, 3.8) is 0 Å². The number of hydrogen-bond donors (Lipinski definition) is 1. The molecule has 0 spiro atoms. The van der Waals surface area contributed by atoms with E-state index in [9.17, 15) is 9.18 Å². The molecular weight excluding hydrogens is 411 g/mol. The molecule has 1 N–H and O–H groups in total. The second-order valence-electron chi connectivity index (χ2n) is 7.68. The van der Waals surface area contributed by atoms with Crippen molar-refractivity contribution in [2.75, 3.05) is 12.4 Å². The van der Waals surface area contributed by atoms with Gasteiger partial charge in [-0.05, 0) is 72.9 Å². The van der Waals surface area contributed by atoms with E-state index in [-0.39, 0.29) is 29.9 Å². The third-order valence-corrected chi connectivity index (χ3v) is 5.58. The van der Waals surface area contributed by atoms with Crippen LogP contribution in [0.5, 0.6) is 5.75 Å². The molecule has 0 bridgehead atoms. The highest BCUT2D eigenvalue weighted by atomic mass is 19.1. The maximum Gasteiger partial charge on any atom is 0.274 e. The number of anilines is 1. The number of aromatic nitrogens is 3. The molecule has 8 heteroatoms. The fourth-order valence-corrected chi connectivity index (χ4v) is 4.00. The number of fused-ring (bicyclic) bond motifs is 1. The standard InChI is InChI=1S/C24H21FN4O3/c1-31-21-10-8-17(13-19(21)25)23-27-24(32-28-23)20-6-3-11-29(20)14-22(30)26-18-9-7-15-4-2-5-16(15)12-18/h3,6-13H,2,4-5,14H2,1H3,(H,26,30). The lowest BCUT2D eigenvalue weighted by atomic mass is 10.1. The largest absolute Gasteiger partial charge is 0.494 e. The predicted molar refractivity (Wildman–Crippen MR) is 117 cm³/mol. The van der Waals surface area contributed by atoms with Crippen LogP contribution < -0.4 is 10.1 Å². The van der Waals surface area contributed by atoms with Gasteiger partial charge < -0.3 is 19.1 Å². The van der Waals surface area contributed by atoms with Crippen LogP contribution in [-0.4, -0.2) is 27.7 Å². The van der Waals surface area contributed by atoms with Crippen molar-refractivity contribution in [2.45, 2.75) is 25.8 Å². The van der Waals surface area contributed by atoms with Crippen LogP contribution in [0.4, 0.5) is 10.1 Å². The van der Waals surface area contributed by atoms with Gasteiger partial charge in [-0.25, -0.2) is 4.39 Å². The first-order valence-corrected chi connectivity index (χ1v) is 10.4. The van der Waals surface area contributed by atoms with Gasteiger partial charge in [0.15, 0.2) is 11.6 Å². The van der Waals surface area contributed by atoms with Crippen molar-refractivity contribution >= 4 is 11.6 Å². The van der Waals surface area contributed by atoms with Crippen LogP contribution in [0, 0.1) is 5.82 Å². The molecule has 0 saturated heterocycles. The Balaban J connectivity index is 1.32. The minimum absolute atomic E-state index is 0.0916. The van der Waals surface area contributed by atoms with Crippen molar-refractivity contribution in [1.82, 2.24) is 14.7 Å². The number of nitrogens with one attached hydrogen (secondary N) is 1. The van der Waals surface area contributed by atoms with E-state index >= 15 is 0 Å². The minimum Gasteiger partial charge on any atom is -0.494 e. The Morgan fingerprint density at radius 3 is 2.91 bits per heavy atom. The first-order chi connectivity index (χ1) is 15.6. The summed E-state index contributed by atoms with van der Waals surface area (Å²) in [6.07, 6.45) is 5.09. The molecule has 0 saturated carbocycles. The number of nitrogens with zero attached hydrogens (tertiary/aromatic N) is 3. The summed E-state index contributed by atoms with van der Waals surface area (Å²) in [4.78, 5) is 17.0. The zero-order valence-corrected chi connectivity index (χ0v) is 17.5. The molecule has 32 heavy (non-hydrogen) atoms. The molecule has 0 unspecified atom stereocenters. The number of rotatable bonds is 6. The first-order valence-electron chi connectivity index (χ1n) is 10.4.